The number of aryl methyl sites for hydroxylation is 1. The molecule has 0 aliphatic rings. The van der Waals surface area contributed by atoms with Crippen LogP contribution in [0, 0.1) is 0 Å². The maximum atomic E-state index is 12.3. The Morgan fingerprint density at radius 3 is 2.93 bits per heavy atom. The number of aromatic amines is 1. The number of fused-ring (bicyclic) bond motifs is 1. The molecule has 6 heteroatoms. The zero-order chi connectivity index (χ0) is 10.9. The van der Waals surface area contributed by atoms with Crippen LogP contribution < -0.4 is 0 Å². The average molecular weight is 228 g/mol. The minimum absolute atomic E-state index is 0.174. The van der Waals surface area contributed by atoms with Gasteiger partial charge in [0.05, 0.1) is 23.1 Å². The van der Waals surface area contributed by atoms with Crippen molar-refractivity contribution in [2.24, 2.45) is 0 Å². The van der Waals surface area contributed by atoms with E-state index in [4.69, 9.17) is 0 Å². The molecule has 2 aromatic rings. The first-order chi connectivity index (χ1) is 7.04. The third-order valence-electron chi connectivity index (χ3n) is 2.12. The zero-order valence-corrected chi connectivity index (χ0v) is 8.59. The molecule has 1 heterocycles. The van der Waals surface area contributed by atoms with Crippen LogP contribution in [-0.4, -0.2) is 24.1 Å². The number of imidazole rings is 1. The van der Waals surface area contributed by atoms with Gasteiger partial charge in [-0.25, -0.2) is 4.98 Å². The number of H-pyrrole nitrogens is 1. The topological polar surface area (TPSA) is 62.8 Å². The Kier molecular flexibility index (Phi) is 2.44. The van der Waals surface area contributed by atoms with Crippen LogP contribution >= 0.6 is 0 Å². The predicted molar refractivity (Wildman–Crippen MR) is 54.7 cm³/mol. The largest absolute Gasteiger partial charge is 0.345 e. The molecule has 0 radical (unpaired) electrons. The van der Waals surface area contributed by atoms with E-state index < -0.39 is 16.0 Å². The Labute approximate surface area is 86.4 Å². The lowest BCUT2D eigenvalue weighted by molar-refractivity contribution is 0.551. The molecule has 1 aromatic heterocycles. The first-order valence-electron chi connectivity index (χ1n) is 4.39. The van der Waals surface area contributed by atoms with E-state index in [1.165, 1.54) is 0 Å². The van der Waals surface area contributed by atoms with Gasteiger partial charge in [-0.3, -0.25) is 0 Å². The van der Waals surface area contributed by atoms with E-state index in [1.54, 1.807) is 24.5 Å². The highest BCUT2D eigenvalue weighted by Gasteiger charge is 2.07. The van der Waals surface area contributed by atoms with E-state index in [2.05, 4.69) is 9.97 Å². The molecular weight excluding hydrogens is 219 g/mol. The van der Waals surface area contributed by atoms with Crippen molar-refractivity contribution >= 4 is 21.3 Å². The first-order valence-corrected chi connectivity index (χ1v) is 5.94. The summed E-state index contributed by atoms with van der Waals surface area (Å²) >= 11 is 0. The molecule has 1 aromatic carbocycles. The summed E-state index contributed by atoms with van der Waals surface area (Å²) in [6.07, 6.45) is 1.73. The minimum atomic E-state index is -4.39. The molecule has 0 aliphatic carbocycles. The number of nitrogens with one attached hydrogen (secondary N) is 1. The van der Waals surface area contributed by atoms with Gasteiger partial charge >= 0.3 is 10.2 Å². The zero-order valence-electron chi connectivity index (χ0n) is 7.77. The van der Waals surface area contributed by atoms with E-state index in [-0.39, 0.29) is 6.42 Å². The van der Waals surface area contributed by atoms with Crippen LogP contribution in [0.4, 0.5) is 3.89 Å². The standard InChI is InChI=1S/C9H9FN2O2S/c10-15(13,14)4-3-7-1-2-8-9(5-7)12-6-11-8/h1-2,5-6H,3-4H2,(H,11,12). The fourth-order valence-electron chi connectivity index (χ4n) is 1.38. The maximum absolute atomic E-state index is 12.3. The molecule has 0 fully saturated rings. The van der Waals surface area contributed by atoms with Crippen LogP contribution in [0.3, 0.4) is 0 Å². The lowest BCUT2D eigenvalue weighted by Gasteiger charge is -1.98. The third kappa shape index (κ3) is 2.53. The van der Waals surface area contributed by atoms with Crippen molar-refractivity contribution in [2.75, 3.05) is 5.75 Å². The van der Waals surface area contributed by atoms with Gasteiger partial charge < -0.3 is 4.98 Å². The third-order valence-corrected chi connectivity index (χ3v) is 2.81. The van der Waals surface area contributed by atoms with Crippen LogP contribution in [0.1, 0.15) is 5.56 Å². The minimum Gasteiger partial charge on any atom is -0.345 e. The molecule has 0 aliphatic heterocycles. The van der Waals surface area contributed by atoms with E-state index in [1.807, 2.05) is 0 Å². The van der Waals surface area contributed by atoms with Gasteiger partial charge in [0.2, 0.25) is 0 Å². The molecule has 0 saturated heterocycles. The number of nitrogens with zero attached hydrogens (tertiary/aromatic N) is 1. The van der Waals surface area contributed by atoms with Gasteiger partial charge in [0.1, 0.15) is 0 Å². The fraction of sp³-hybridized carbons (Fsp3) is 0.222. The molecule has 80 valence electrons. The Balaban J connectivity index is 2.21. The van der Waals surface area contributed by atoms with Crippen LogP contribution in [-0.2, 0) is 16.6 Å². The molecule has 2 rings (SSSR count). The lowest BCUT2D eigenvalue weighted by Crippen LogP contribution is -2.01. The summed E-state index contributed by atoms with van der Waals surface area (Å²) in [5.74, 6) is -0.480. The van der Waals surface area contributed by atoms with Crippen molar-refractivity contribution in [1.29, 1.82) is 0 Å². The highest BCUT2D eigenvalue weighted by atomic mass is 32.3. The van der Waals surface area contributed by atoms with Gasteiger partial charge in [-0.2, -0.15) is 8.42 Å². The molecule has 0 saturated carbocycles. The Morgan fingerprint density at radius 1 is 1.40 bits per heavy atom. The summed E-state index contributed by atoms with van der Waals surface area (Å²) < 4.78 is 32.9. The lowest BCUT2D eigenvalue weighted by atomic mass is 10.1. The summed E-state index contributed by atoms with van der Waals surface area (Å²) in [7, 11) is -4.39. The fourth-order valence-corrected chi connectivity index (χ4v) is 1.86. The quantitative estimate of drug-likeness (QED) is 0.808. The van der Waals surface area contributed by atoms with Crippen LogP contribution in [0.5, 0.6) is 0 Å². The van der Waals surface area contributed by atoms with Gasteiger partial charge in [0.25, 0.3) is 0 Å². The van der Waals surface area contributed by atoms with E-state index in [0.717, 1.165) is 16.6 Å². The summed E-state index contributed by atoms with van der Waals surface area (Å²) in [6, 6.07) is 5.29. The van der Waals surface area contributed by atoms with Crippen LogP contribution in [0.15, 0.2) is 24.5 Å². The van der Waals surface area contributed by atoms with Crippen molar-refractivity contribution in [1.82, 2.24) is 9.97 Å². The normalized spacial score (nSPS) is 12.1. The number of halogens is 1. The van der Waals surface area contributed by atoms with Crippen LogP contribution in [0.25, 0.3) is 11.0 Å². The molecule has 0 bridgehead atoms. The monoisotopic (exact) mass is 228 g/mol. The summed E-state index contributed by atoms with van der Waals surface area (Å²) in [5, 5.41) is 0. The highest BCUT2D eigenvalue weighted by molar-refractivity contribution is 7.86. The molecular formula is C9H9FN2O2S. The van der Waals surface area contributed by atoms with E-state index in [0.29, 0.717) is 0 Å². The summed E-state index contributed by atoms with van der Waals surface area (Å²) in [4.78, 5) is 6.92. The Bertz CT molecular complexity index is 577. The number of hydrogen-bond acceptors (Lipinski definition) is 3. The Morgan fingerprint density at radius 2 is 2.20 bits per heavy atom. The molecule has 0 unspecified atom stereocenters. The van der Waals surface area contributed by atoms with Crippen molar-refractivity contribution < 1.29 is 12.3 Å². The van der Waals surface area contributed by atoms with Crippen molar-refractivity contribution in [2.45, 2.75) is 6.42 Å². The summed E-state index contributed by atoms with van der Waals surface area (Å²) in [5.41, 5.74) is 2.40. The van der Waals surface area contributed by atoms with Crippen molar-refractivity contribution in [3.8, 4) is 0 Å². The van der Waals surface area contributed by atoms with Gasteiger partial charge in [-0.1, -0.05) is 6.07 Å². The van der Waals surface area contributed by atoms with Gasteiger partial charge in [-0.15, -0.1) is 3.89 Å². The van der Waals surface area contributed by atoms with Gasteiger partial charge in [-0.05, 0) is 24.1 Å². The molecule has 4 nitrogen and oxygen atoms in total. The smallest absolute Gasteiger partial charge is 0.302 e. The van der Waals surface area contributed by atoms with E-state index in [9.17, 15) is 12.3 Å². The van der Waals surface area contributed by atoms with Gasteiger partial charge in [0, 0.05) is 0 Å². The second-order valence-electron chi connectivity index (χ2n) is 3.25. The van der Waals surface area contributed by atoms with Crippen molar-refractivity contribution in [3.05, 3.63) is 30.1 Å². The molecule has 15 heavy (non-hydrogen) atoms. The Hall–Kier alpha value is -1.43. The van der Waals surface area contributed by atoms with E-state index >= 15 is 0 Å². The molecule has 0 amide bonds. The SMILES string of the molecule is O=S(=O)(F)CCc1ccc2nc[nH]c2c1. The predicted octanol–water partition coefficient (Wildman–Crippen LogP) is 1.40. The molecule has 1 N–H and O–H groups in total. The average Bonchev–Trinajstić information content (AvgIpc) is 2.60. The number of benzene rings is 1. The highest BCUT2D eigenvalue weighted by Crippen LogP contribution is 2.12. The number of aromatic nitrogens is 2. The number of hydrogen-bond donors (Lipinski definition) is 1. The first kappa shape index (κ1) is 10.1. The maximum Gasteiger partial charge on any atom is 0.302 e. The van der Waals surface area contributed by atoms with Crippen molar-refractivity contribution in [3.63, 3.8) is 0 Å². The molecule has 0 spiro atoms. The second kappa shape index (κ2) is 3.62. The van der Waals surface area contributed by atoms with Gasteiger partial charge in [0.15, 0.2) is 0 Å². The second-order valence-corrected chi connectivity index (χ2v) is 4.73. The summed E-state index contributed by atoms with van der Waals surface area (Å²) in [6.45, 7) is 0. The van der Waals surface area contributed by atoms with Crippen LogP contribution in [0.2, 0.25) is 0 Å². The molecule has 0 atom stereocenters. The number of rotatable bonds is 3.